The molecule has 10 heteroatoms. The van der Waals surface area contributed by atoms with Crippen molar-refractivity contribution in [2.45, 2.75) is 25.8 Å². The molecule has 2 fully saturated rings. The van der Waals surface area contributed by atoms with Gasteiger partial charge in [0.1, 0.15) is 29.6 Å². The summed E-state index contributed by atoms with van der Waals surface area (Å²) in [7, 11) is 1.60. The molecular formula is C28H31N7O3. The Labute approximate surface area is 222 Å². The lowest BCUT2D eigenvalue weighted by Gasteiger charge is -2.27. The number of hydrogen-bond acceptors (Lipinski definition) is 10. The van der Waals surface area contributed by atoms with Gasteiger partial charge < -0.3 is 24.4 Å². The molecule has 196 valence electrons. The van der Waals surface area contributed by atoms with E-state index in [1.165, 1.54) is 0 Å². The Kier molecular flexibility index (Phi) is 7.56. The summed E-state index contributed by atoms with van der Waals surface area (Å²) in [4.78, 5) is 11.4. The standard InChI is InChI=1S/C28H31N7O3/c1-19(17-35(30-2)21-5-6-21)18-38-25-9-4-20(14-26(25)36-3)32-23-7-8-24-28(22(23)15-29)33-27(16-31-24)34-10-12-37-13-11-34/h4,7-9,14,16-17,21,32H,2,5-6,10-13,18H2,1,3H3/b19-17+. The van der Waals surface area contributed by atoms with Gasteiger partial charge in [0, 0.05) is 37.8 Å². The Hall–Kier alpha value is -4.36. The van der Waals surface area contributed by atoms with Crippen LogP contribution in [0, 0.1) is 11.3 Å². The van der Waals surface area contributed by atoms with Crippen LogP contribution in [0.4, 0.5) is 17.2 Å². The number of hydrogen-bond donors (Lipinski definition) is 1. The highest BCUT2D eigenvalue weighted by Gasteiger charge is 2.26. The normalized spacial score (nSPS) is 15.6. The third kappa shape index (κ3) is 5.63. The van der Waals surface area contributed by atoms with Crippen LogP contribution in [0.15, 0.2) is 53.4 Å². The Morgan fingerprint density at radius 3 is 2.82 bits per heavy atom. The second-order valence-corrected chi connectivity index (χ2v) is 9.30. The molecule has 1 aliphatic carbocycles. The van der Waals surface area contributed by atoms with Crippen LogP contribution in [0.5, 0.6) is 11.5 Å². The molecule has 3 aromatic rings. The van der Waals surface area contributed by atoms with Gasteiger partial charge >= 0.3 is 0 Å². The van der Waals surface area contributed by atoms with Crippen LogP contribution in [0.2, 0.25) is 0 Å². The van der Waals surface area contributed by atoms with Crippen LogP contribution < -0.4 is 19.7 Å². The van der Waals surface area contributed by atoms with Gasteiger partial charge in [-0.05, 0) is 49.6 Å². The van der Waals surface area contributed by atoms with Crippen molar-refractivity contribution >= 4 is 34.9 Å². The van der Waals surface area contributed by atoms with Crippen molar-refractivity contribution < 1.29 is 14.2 Å². The summed E-state index contributed by atoms with van der Waals surface area (Å²) in [5.41, 5.74) is 4.08. The number of methoxy groups -OCH3 is 1. The van der Waals surface area contributed by atoms with Crippen LogP contribution in [-0.4, -0.2) is 67.8 Å². The van der Waals surface area contributed by atoms with Gasteiger partial charge in [-0.2, -0.15) is 10.4 Å². The molecule has 2 aromatic carbocycles. The van der Waals surface area contributed by atoms with E-state index < -0.39 is 0 Å². The van der Waals surface area contributed by atoms with Gasteiger partial charge in [-0.1, -0.05) is 0 Å². The zero-order chi connectivity index (χ0) is 26.5. The minimum absolute atomic E-state index is 0.398. The zero-order valence-corrected chi connectivity index (χ0v) is 21.7. The van der Waals surface area contributed by atoms with Crippen LogP contribution in [0.25, 0.3) is 11.0 Å². The molecule has 0 spiro atoms. The first-order valence-electron chi connectivity index (χ1n) is 12.6. The first kappa shape index (κ1) is 25.3. The third-order valence-electron chi connectivity index (χ3n) is 6.48. The number of nitrogens with one attached hydrogen (secondary N) is 1. The molecule has 0 atom stereocenters. The van der Waals surface area contributed by atoms with E-state index in [1.54, 1.807) is 13.3 Å². The summed E-state index contributed by atoms with van der Waals surface area (Å²) in [6, 6.07) is 12.0. The van der Waals surface area contributed by atoms with E-state index in [0.717, 1.165) is 43.0 Å². The molecule has 2 aliphatic rings. The molecule has 2 heterocycles. The van der Waals surface area contributed by atoms with Gasteiger partial charge in [0.25, 0.3) is 0 Å². The predicted molar refractivity (Wildman–Crippen MR) is 147 cm³/mol. The number of nitrogens with zero attached hydrogens (tertiary/aromatic N) is 6. The molecule has 10 nitrogen and oxygen atoms in total. The fraction of sp³-hybridized carbons (Fsp3) is 0.357. The lowest BCUT2D eigenvalue weighted by Crippen LogP contribution is -2.36. The van der Waals surface area contributed by atoms with Gasteiger partial charge in [0.15, 0.2) is 11.5 Å². The maximum Gasteiger partial charge on any atom is 0.162 e. The second kappa shape index (κ2) is 11.4. The lowest BCUT2D eigenvalue weighted by atomic mass is 10.1. The fourth-order valence-electron chi connectivity index (χ4n) is 4.31. The summed E-state index contributed by atoms with van der Waals surface area (Å²) in [5.74, 6) is 1.94. The average Bonchev–Trinajstić information content (AvgIpc) is 3.80. The predicted octanol–water partition coefficient (Wildman–Crippen LogP) is 4.45. The van der Waals surface area contributed by atoms with Crippen molar-refractivity contribution in [2.75, 3.05) is 50.2 Å². The van der Waals surface area contributed by atoms with Crippen LogP contribution >= 0.6 is 0 Å². The number of nitriles is 1. The number of ether oxygens (including phenoxy) is 3. The molecule has 1 saturated carbocycles. The number of aromatic nitrogens is 2. The molecule has 0 amide bonds. The van der Waals surface area contributed by atoms with E-state index in [-0.39, 0.29) is 0 Å². The Bertz CT molecular complexity index is 1390. The summed E-state index contributed by atoms with van der Waals surface area (Å²) >= 11 is 0. The number of fused-ring (bicyclic) bond motifs is 1. The number of rotatable bonds is 10. The minimum atomic E-state index is 0.398. The Morgan fingerprint density at radius 1 is 1.29 bits per heavy atom. The molecule has 1 aliphatic heterocycles. The first-order chi connectivity index (χ1) is 18.6. The molecular weight excluding hydrogens is 482 g/mol. The van der Waals surface area contributed by atoms with E-state index >= 15 is 0 Å². The third-order valence-corrected chi connectivity index (χ3v) is 6.48. The number of morpholine rings is 1. The van der Waals surface area contributed by atoms with Crippen LogP contribution in [-0.2, 0) is 4.74 Å². The van der Waals surface area contributed by atoms with Crippen molar-refractivity contribution in [2.24, 2.45) is 5.10 Å². The van der Waals surface area contributed by atoms with Gasteiger partial charge in [-0.25, -0.2) is 4.98 Å². The molecule has 0 radical (unpaired) electrons. The van der Waals surface area contributed by atoms with Crippen LogP contribution in [0.3, 0.4) is 0 Å². The highest BCUT2D eigenvalue weighted by molar-refractivity contribution is 5.89. The highest BCUT2D eigenvalue weighted by atomic mass is 16.5. The Balaban J connectivity index is 1.34. The van der Waals surface area contributed by atoms with Gasteiger partial charge in [0.2, 0.25) is 0 Å². The van der Waals surface area contributed by atoms with E-state index in [0.29, 0.717) is 59.6 Å². The van der Waals surface area contributed by atoms with E-state index in [2.05, 4.69) is 33.1 Å². The van der Waals surface area contributed by atoms with Crippen molar-refractivity contribution in [1.82, 2.24) is 15.0 Å². The zero-order valence-electron chi connectivity index (χ0n) is 21.7. The number of anilines is 3. The molecule has 1 saturated heterocycles. The topological polar surface area (TPSA) is 108 Å². The average molecular weight is 514 g/mol. The van der Waals surface area contributed by atoms with Gasteiger partial charge in [0.05, 0.1) is 43.8 Å². The quantitative estimate of drug-likeness (QED) is 0.311. The monoisotopic (exact) mass is 513 g/mol. The molecule has 0 unspecified atom stereocenters. The van der Waals surface area contributed by atoms with Crippen molar-refractivity contribution in [3.05, 3.63) is 53.9 Å². The van der Waals surface area contributed by atoms with Crippen molar-refractivity contribution in [1.29, 1.82) is 5.26 Å². The first-order valence-corrected chi connectivity index (χ1v) is 12.6. The van der Waals surface area contributed by atoms with Gasteiger partial charge in [-0.3, -0.25) is 9.99 Å². The molecule has 0 bridgehead atoms. The number of hydrazone groups is 1. The summed E-state index contributed by atoms with van der Waals surface area (Å²) < 4.78 is 17.1. The highest BCUT2D eigenvalue weighted by Crippen LogP contribution is 2.34. The summed E-state index contributed by atoms with van der Waals surface area (Å²) in [6.45, 7) is 8.83. The SMILES string of the molecule is C=NN(/C=C(\C)COc1ccc(Nc2ccc3ncc(N4CCOCC4)nc3c2C#N)cc1OC)C1CC1. The summed E-state index contributed by atoms with van der Waals surface area (Å²) in [6.07, 6.45) is 6.00. The molecule has 1 aromatic heterocycles. The van der Waals surface area contributed by atoms with Gasteiger partial charge in [-0.15, -0.1) is 0 Å². The van der Waals surface area contributed by atoms with Crippen LogP contribution in [0.1, 0.15) is 25.3 Å². The van der Waals surface area contributed by atoms with Crippen molar-refractivity contribution in [3.63, 3.8) is 0 Å². The molecule has 38 heavy (non-hydrogen) atoms. The maximum absolute atomic E-state index is 10.0. The summed E-state index contributed by atoms with van der Waals surface area (Å²) in [5, 5.41) is 19.3. The van der Waals surface area contributed by atoms with E-state index in [1.807, 2.05) is 48.5 Å². The van der Waals surface area contributed by atoms with Crippen molar-refractivity contribution in [3.8, 4) is 17.6 Å². The molecule has 1 N–H and O–H groups in total. The Morgan fingerprint density at radius 2 is 2.11 bits per heavy atom. The smallest absolute Gasteiger partial charge is 0.162 e. The molecule has 5 rings (SSSR count). The van der Waals surface area contributed by atoms with E-state index in [4.69, 9.17) is 19.2 Å². The largest absolute Gasteiger partial charge is 0.493 e. The van der Waals surface area contributed by atoms with E-state index in [9.17, 15) is 5.26 Å². The minimum Gasteiger partial charge on any atom is -0.493 e. The number of benzene rings is 2. The second-order valence-electron chi connectivity index (χ2n) is 9.30. The fourth-order valence-corrected chi connectivity index (χ4v) is 4.31. The maximum atomic E-state index is 10.0. The lowest BCUT2D eigenvalue weighted by molar-refractivity contribution is 0.122.